The average molecular weight is 388 g/mol. The zero-order chi connectivity index (χ0) is 18.1. The minimum Gasteiger partial charge on any atom is -0.333 e. The molecule has 2 amide bonds. The highest BCUT2D eigenvalue weighted by atomic mass is 35.5. The van der Waals surface area contributed by atoms with Crippen LogP contribution in [0.4, 0.5) is 14.5 Å². The molecular formula is C18H24ClF2N3O2. The Hall–Kier alpha value is -1.73. The molecule has 0 aromatic heterocycles. The Balaban J connectivity index is 0.00000243. The molecule has 3 N–H and O–H groups in total. The Morgan fingerprint density at radius 1 is 1.23 bits per heavy atom. The first-order valence-corrected chi connectivity index (χ1v) is 8.70. The van der Waals surface area contributed by atoms with E-state index in [0.717, 1.165) is 31.4 Å². The second kappa shape index (κ2) is 8.31. The molecule has 3 rings (SSSR count). The van der Waals surface area contributed by atoms with Crippen LogP contribution in [0.25, 0.3) is 0 Å². The van der Waals surface area contributed by atoms with E-state index in [0.29, 0.717) is 12.5 Å². The van der Waals surface area contributed by atoms with Crippen LogP contribution in [0.2, 0.25) is 0 Å². The molecule has 0 heterocycles. The highest BCUT2D eigenvalue weighted by Crippen LogP contribution is 2.48. The maximum atomic E-state index is 13.6. The number of nitrogens with one attached hydrogen (secondary N) is 1. The molecule has 1 aromatic rings. The Kier molecular flexibility index (Phi) is 6.58. The van der Waals surface area contributed by atoms with Crippen LogP contribution in [-0.4, -0.2) is 35.8 Å². The molecule has 2 bridgehead atoms. The maximum Gasteiger partial charge on any atom is 0.244 e. The van der Waals surface area contributed by atoms with E-state index in [-0.39, 0.29) is 42.7 Å². The topological polar surface area (TPSA) is 75.4 Å². The van der Waals surface area contributed by atoms with Crippen molar-refractivity contribution in [3.63, 3.8) is 0 Å². The van der Waals surface area contributed by atoms with Gasteiger partial charge in [0.15, 0.2) is 0 Å². The summed E-state index contributed by atoms with van der Waals surface area (Å²) in [7, 11) is 0. The van der Waals surface area contributed by atoms with Crippen LogP contribution in [0.5, 0.6) is 0 Å². The monoisotopic (exact) mass is 387 g/mol. The molecule has 4 unspecified atom stereocenters. The summed E-state index contributed by atoms with van der Waals surface area (Å²) < 4.78 is 27.3. The fraction of sp³-hybridized carbons (Fsp3) is 0.556. The minimum absolute atomic E-state index is 0. The third kappa shape index (κ3) is 3.83. The van der Waals surface area contributed by atoms with Crippen LogP contribution >= 0.6 is 12.4 Å². The van der Waals surface area contributed by atoms with Gasteiger partial charge in [-0.15, -0.1) is 12.4 Å². The Labute approximate surface area is 157 Å². The molecule has 144 valence electrons. The molecule has 26 heavy (non-hydrogen) atoms. The summed E-state index contributed by atoms with van der Waals surface area (Å²) in [6.07, 6.45) is 3.04. The third-order valence-electron chi connectivity index (χ3n) is 5.52. The fourth-order valence-corrected chi connectivity index (χ4v) is 4.23. The number of amides is 2. The summed E-state index contributed by atoms with van der Waals surface area (Å²) in [5, 5.41) is 2.22. The second-order valence-corrected chi connectivity index (χ2v) is 6.93. The Morgan fingerprint density at radius 2 is 1.85 bits per heavy atom. The number of likely N-dealkylation sites (N-methyl/N-ethyl adjacent to an activating group) is 1. The number of hydrogen-bond acceptors (Lipinski definition) is 3. The van der Waals surface area contributed by atoms with Crippen molar-refractivity contribution in [2.75, 3.05) is 18.4 Å². The minimum atomic E-state index is -0.849. The summed E-state index contributed by atoms with van der Waals surface area (Å²) in [6.45, 7) is 1.87. The molecule has 0 saturated heterocycles. The second-order valence-electron chi connectivity index (χ2n) is 6.93. The van der Waals surface area contributed by atoms with Crippen molar-refractivity contribution in [2.45, 2.75) is 32.2 Å². The van der Waals surface area contributed by atoms with E-state index in [1.165, 1.54) is 11.0 Å². The van der Waals surface area contributed by atoms with Crippen LogP contribution in [0.15, 0.2) is 18.2 Å². The summed E-state index contributed by atoms with van der Waals surface area (Å²) in [5.41, 5.74) is 5.71. The average Bonchev–Trinajstić information content (AvgIpc) is 3.16. The van der Waals surface area contributed by atoms with Crippen LogP contribution in [0.1, 0.15) is 26.2 Å². The highest BCUT2D eigenvalue weighted by Gasteiger charge is 2.50. The van der Waals surface area contributed by atoms with Gasteiger partial charge in [0.1, 0.15) is 17.3 Å². The summed E-state index contributed by atoms with van der Waals surface area (Å²) in [6, 6.07) is 3.19. The number of nitrogens with zero attached hydrogens (tertiary/aromatic N) is 1. The third-order valence-corrected chi connectivity index (χ3v) is 5.52. The van der Waals surface area contributed by atoms with Crippen LogP contribution in [0, 0.1) is 29.4 Å². The molecule has 2 saturated carbocycles. The van der Waals surface area contributed by atoms with Gasteiger partial charge in [0.25, 0.3) is 0 Å². The molecule has 8 heteroatoms. The van der Waals surface area contributed by atoms with E-state index in [1.807, 2.05) is 0 Å². The SMILES string of the molecule is CCN(CC(=O)Nc1c(F)cccc1F)C(=O)C1C2CCC(C2)C1N.Cl. The maximum absolute atomic E-state index is 13.6. The van der Waals surface area contributed by atoms with E-state index in [9.17, 15) is 18.4 Å². The van der Waals surface area contributed by atoms with Gasteiger partial charge >= 0.3 is 0 Å². The first-order chi connectivity index (χ1) is 11.9. The first-order valence-electron chi connectivity index (χ1n) is 8.70. The number of hydrogen-bond donors (Lipinski definition) is 2. The van der Waals surface area contributed by atoms with Crippen molar-refractivity contribution in [1.29, 1.82) is 0 Å². The number of carbonyl (C=O) groups excluding carboxylic acids is 2. The van der Waals surface area contributed by atoms with Crippen LogP contribution < -0.4 is 11.1 Å². The zero-order valence-electron chi connectivity index (χ0n) is 14.6. The highest BCUT2D eigenvalue weighted by molar-refractivity contribution is 5.95. The predicted molar refractivity (Wildman–Crippen MR) is 96.8 cm³/mol. The first kappa shape index (κ1) is 20.6. The molecule has 0 spiro atoms. The van der Waals surface area contributed by atoms with E-state index in [1.54, 1.807) is 6.92 Å². The van der Waals surface area contributed by atoms with Gasteiger partial charge < -0.3 is 16.0 Å². The molecule has 2 aliphatic rings. The molecule has 2 aliphatic carbocycles. The lowest BCUT2D eigenvalue weighted by atomic mass is 9.84. The van der Waals surface area contributed by atoms with Gasteiger partial charge in [0, 0.05) is 12.6 Å². The van der Waals surface area contributed by atoms with E-state index >= 15 is 0 Å². The lowest BCUT2D eigenvalue weighted by Gasteiger charge is -2.32. The van der Waals surface area contributed by atoms with Crippen molar-refractivity contribution in [2.24, 2.45) is 23.5 Å². The molecular weight excluding hydrogens is 364 g/mol. The molecule has 0 aliphatic heterocycles. The Bertz CT molecular complexity index is 666. The van der Waals surface area contributed by atoms with Crippen molar-refractivity contribution < 1.29 is 18.4 Å². The van der Waals surface area contributed by atoms with Crippen molar-refractivity contribution in [3.8, 4) is 0 Å². The van der Waals surface area contributed by atoms with Gasteiger partial charge in [0.05, 0.1) is 12.5 Å². The van der Waals surface area contributed by atoms with Crippen LogP contribution in [0.3, 0.4) is 0 Å². The summed E-state index contributed by atoms with van der Waals surface area (Å²) in [4.78, 5) is 26.4. The number of para-hydroxylation sites is 1. The van der Waals surface area contributed by atoms with Crippen molar-refractivity contribution >= 4 is 29.9 Å². The molecule has 1 aromatic carbocycles. The van der Waals surface area contributed by atoms with Crippen molar-refractivity contribution in [1.82, 2.24) is 4.90 Å². The number of rotatable bonds is 5. The van der Waals surface area contributed by atoms with Crippen molar-refractivity contribution in [3.05, 3.63) is 29.8 Å². The number of carbonyl (C=O) groups is 2. The van der Waals surface area contributed by atoms with Gasteiger partial charge in [0.2, 0.25) is 11.8 Å². The van der Waals surface area contributed by atoms with Gasteiger partial charge in [-0.25, -0.2) is 8.78 Å². The number of nitrogens with two attached hydrogens (primary N) is 1. The lowest BCUT2D eigenvalue weighted by molar-refractivity contribution is -0.140. The predicted octanol–water partition coefficient (Wildman–Crippen LogP) is 2.55. The number of anilines is 1. The van der Waals surface area contributed by atoms with E-state index in [4.69, 9.17) is 5.73 Å². The molecule has 4 atom stereocenters. The largest absolute Gasteiger partial charge is 0.333 e. The van der Waals surface area contributed by atoms with Gasteiger partial charge in [-0.3, -0.25) is 9.59 Å². The molecule has 5 nitrogen and oxygen atoms in total. The lowest BCUT2D eigenvalue weighted by Crippen LogP contribution is -2.49. The molecule has 0 radical (unpaired) electrons. The number of benzene rings is 1. The standard InChI is InChI=1S/C18H23F2N3O2.ClH/c1-2-23(18(25)15-10-6-7-11(8-10)16(15)21)9-14(24)22-17-12(19)4-3-5-13(17)20;/h3-5,10-11,15-16H,2,6-9,21H2,1H3,(H,22,24);1H. The van der Waals surface area contributed by atoms with E-state index < -0.39 is 23.2 Å². The fourth-order valence-electron chi connectivity index (χ4n) is 4.23. The summed E-state index contributed by atoms with van der Waals surface area (Å²) in [5.74, 6) is -2.04. The van der Waals surface area contributed by atoms with E-state index in [2.05, 4.69) is 5.32 Å². The number of halogens is 3. The zero-order valence-corrected chi connectivity index (χ0v) is 15.4. The smallest absolute Gasteiger partial charge is 0.244 e. The van der Waals surface area contributed by atoms with Gasteiger partial charge in [-0.05, 0) is 50.2 Å². The summed E-state index contributed by atoms with van der Waals surface area (Å²) >= 11 is 0. The van der Waals surface area contributed by atoms with Gasteiger partial charge in [-0.1, -0.05) is 6.07 Å². The number of fused-ring (bicyclic) bond motifs is 2. The normalized spacial score (nSPS) is 26.3. The Morgan fingerprint density at radius 3 is 2.38 bits per heavy atom. The molecule has 2 fully saturated rings. The van der Waals surface area contributed by atoms with Gasteiger partial charge in [-0.2, -0.15) is 0 Å². The van der Waals surface area contributed by atoms with Crippen LogP contribution in [-0.2, 0) is 9.59 Å². The quantitative estimate of drug-likeness (QED) is 0.815.